The molecule has 0 unspecified atom stereocenters. The normalized spacial score (nSPS) is 10.5. The molecule has 1 aromatic carbocycles. The van der Waals surface area contributed by atoms with E-state index in [1.54, 1.807) is 19.1 Å². The molecule has 0 radical (unpaired) electrons. The van der Waals surface area contributed by atoms with E-state index >= 15 is 0 Å². The van der Waals surface area contributed by atoms with Crippen LogP contribution >= 0.6 is 0 Å². The minimum atomic E-state index is -0.520. The zero-order valence-electron chi connectivity index (χ0n) is 12.0. The summed E-state index contributed by atoms with van der Waals surface area (Å²) in [5.41, 5.74) is 0.666. The number of anilines is 1. The number of carbonyl (C=O) groups is 1. The van der Waals surface area contributed by atoms with Crippen LogP contribution in [-0.2, 0) is 6.54 Å². The first-order chi connectivity index (χ1) is 11.1. The van der Waals surface area contributed by atoms with Crippen LogP contribution in [-0.4, -0.2) is 31.4 Å². The monoisotopic (exact) mass is 317 g/mol. The lowest BCUT2D eigenvalue weighted by molar-refractivity contribution is 0.250. The Morgan fingerprint density at radius 3 is 2.78 bits per heavy atom. The third-order valence-corrected chi connectivity index (χ3v) is 2.80. The van der Waals surface area contributed by atoms with Crippen LogP contribution in [0.1, 0.15) is 11.6 Å². The highest BCUT2D eigenvalue weighted by Gasteiger charge is 2.10. The minimum Gasteiger partial charge on any atom is -0.330 e. The van der Waals surface area contributed by atoms with Gasteiger partial charge in [0.15, 0.2) is 11.6 Å². The SMILES string of the molecule is Cc1noc(NC(=O)NCc2nc(-c3ccc(F)cc3)n[nH]2)n1. The van der Waals surface area contributed by atoms with Gasteiger partial charge in [-0.2, -0.15) is 10.1 Å². The number of aryl methyl sites for hydroxylation is 1. The summed E-state index contributed by atoms with van der Waals surface area (Å²) in [6.45, 7) is 1.76. The van der Waals surface area contributed by atoms with Gasteiger partial charge in [-0.05, 0) is 31.2 Å². The summed E-state index contributed by atoms with van der Waals surface area (Å²) >= 11 is 0. The molecule has 0 aliphatic carbocycles. The highest BCUT2D eigenvalue weighted by Crippen LogP contribution is 2.14. The van der Waals surface area contributed by atoms with Crippen molar-refractivity contribution in [1.82, 2.24) is 30.6 Å². The van der Waals surface area contributed by atoms with E-state index in [9.17, 15) is 9.18 Å². The fourth-order valence-corrected chi connectivity index (χ4v) is 1.76. The number of halogens is 1. The van der Waals surface area contributed by atoms with Gasteiger partial charge in [0.05, 0.1) is 6.54 Å². The van der Waals surface area contributed by atoms with Crippen molar-refractivity contribution in [2.75, 3.05) is 5.32 Å². The molecule has 118 valence electrons. The molecular formula is C13H12FN7O2. The van der Waals surface area contributed by atoms with Gasteiger partial charge < -0.3 is 9.84 Å². The maximum atomic E-state index is 12.9. The number of nitrogens with one attached hydrogen (secondary N) is 3. The number of nitrogens with zero attached hydrogens (tertiary/aromatic N) is 4. The van der Waals surface area contributed by atoms with E-state index in [1.807, 2.05) is 0 Å². The molecule has 0 aliphatic rings. The van der Waals surface area contributed by atoms with Crippen molar-refractivity contribution < 1.29 is 13.7 Å². The first-order valence-electron chi connectivity index (χ1n) is 6.62. The third-order valence-electron chi connectivity index (χ3n) is 2.80. The minimum absolute atomic E-state index is 0.00423. The van der Waals surface area contributed by atoms with Gasteiger partial charge >= 0.3 is 12.0 Å². The molecule has 9 nitrogen and oxygen atoms in total. The van der Waals surface area contributed by atoms with Crippen molar-refractivity contribution in [1.29, 1.82) is 0 Å². The number of amides is 2. The molecule has 0 saturated carbocycles. The van der Waals surface area contributed by atoms with Crippen molar-refractivity contribution in [3.8, 4) is 11.4 Å². The number of benzene rings is 1. The molecule has 3 aromatic rings. The van der Waals surface area contributed by atoms with Gasteiger partial charge in [0.25, 0.3) is 0 Å². The number of carbonyl (C=O) groups excluding carboxylic acids is 1. The number of urea groups is 1. The average Bonchev–Trinajstić information content (AvgIpc) is 3.15. The number of H-pyrrole nitrogens is 1. The fraction of sp³-hybridized carbons (Fsp3) is 0.154. The number of aromatic amines is 1. The second-order valence-corrected chi connectivity index (χ2v) is 4.57. The summed E-state index contributed by atoms with van der Waals surface area (Å²) in [7, 11) is 0. The van der Waals surface area contributed by atoms with E-state index in [4.69, 9.17) is 4.52 Å². The van der Waals surface area contributed by atoms with Crippen LogP contribution in [0.15, 0.2) is 28.8 Å². The van der Waals surface area contributed by atoms with Gasteiger partial charge in [-0.15, -0.1) is 0 Å². The Hall–Kier alpha value is -3.30. The van der Waals surface area contributed by atoms with Crippen LogP contribution in [0.2, 0.25) is 0 Å². The van der Waals surface area contributed by atoms with Gasteiger partial charge in [0.2, 0.25) is 0 Å². The van der Waals surface area contributed by atoms with Gasteiger partial charge in [-0.1, -0.05) is 5.16 Å². The van der Waals surface area contributed by atoms with Crippen molar-refractivity contribution in [3.63, 3.8) is 0 Å². The molecule has 2 amide bonds. The van der Waals surface area contributed by atoms with E-state index in [-0.39, 0.29) is 18.4 Å². The topological polar surface area (TPSA) is 122 Å². The lowest BCUT2D eigenvalue weighted by Gasteiger charge is -2.01. The van der Waals surface area contributed by atoms with Crippen LogP contribution in [0.25, 0.3) is 11.4 Å². The van der Waals surface area contributed by atoms with Gasteiger partial charge in [0, 0.05) is 5.56 Å². The molecule has 0 atom stereocenters. The van der Waals surface area contributed by atoms with E-state index in [0.717, 1.165) is 0 Å². The van der Waals surface area contributed by atoms with Crippen molar-refractivity contribution in [2.24, 2.45) is 0 Å². The summed E-state index contributed by atoms with van der Waals surface area (Å²) in [5.74, 6) is 0.939. The molecular weight excluding hydrogens is 305 g/mol. The first-order valence-corrected chi connectivity index (χ1v) is 6.62. The van der Waals surface area contributed by atoms with Crippen LogP contribution in [0.5, 0.6) is 0 Å². The quantitative estimate of drug-likeness (QED) is 0.672. The molecule has 23 heavy (non-hydrogen) atoms. The van der Waals surface area contributed by atoms with Gasteiger partial charge in [-0.3, -0.25) is 10.4 Å². The van der Waals surface area contributed by atoms with Crippen LogP contribution in [0.4, 0.5) is 15.2 Å². The molecule has 0 spiro atoms. The molecule has 3 N–H and O–H groups in total. The highest BCUT2D eigenvalue weighted by molar-refractivity contribution is 5.86. The Morgan fingerprint density at radius 1 is 1.30 bits per heavy atom. The molecule has 2 aromatic heterocycles. The van der Waals surface area contributed by atoms with E-state index in [2.05, 4.69) is 36.0 Å². The Kier molecular flexibility index (Phi) is 3.95. The zero-order chi connectivity index (χ0) is 16.2. The Labute approximate surface area is 129 Å². The third kappa shape index (κ3) is 3.67. The second-order valence-electron chi connectivity index (χ2n) is 4.57. The predicted molar refractivity (Wildman–Crippen MR) is 76.7 cm³/mol. The fourth-order valence-electron chi connectivity index (χ4n) is 1.76. The summed E-state index contributed by atoms with van der Waals surface area (Å²) < 4.78 is 17.6. The molecule has 0 bridgehead atoms. The summed E-state index contributed by atoms with van der Waals surface area (Å²) in [6, 6.07) is 5.27. The standard InChI is InChI=1S/C13H12FN7O2/c1-7-16-13(23-21-7)18-12(22)15-6-10-17-11(20-19-10)8-2-4-9(14)5-3-8/h2-5H,6H2,1H3,(H,17,19,20)(H2,15,16,18,21,22). The van der Waals surface area contributed by atoms with E-state index < -0.39 is 6.03 Å². The summed E-state index contributed by atoms with van der Waals surface area (Å²) in [5, 5.41) is 15.2. The maximum Gasteiger partial charge on any atom is 0.329 e. The van der Waals surface area contributed by atoms with Crippen LogP contribution in [0.3, 0.4) is 0 Å². The number of rotatable bonds is 4. The molecule has 0 fully saturated rings. The maximum absolute atomic E-state index is 12.9. The van der Waals surface area contributed by atoms with Crippen LogP contribution < -0.4 is 10.6 Å². The smallest absolute Gasteiger partial charge is 0.329 e. The predicted octanol–water partition coefficient (Wildman–Crippen LogP) is 1.62. The molecule has 3 rings (SSSR count). The van der Waals surface area contributed by atoms with Crippen molar-refractivity contribution >= 4 is 12.0 Å². The molecule has 0 aliphatic heterocycles. The van der Waals surface area contributed by atoms with Gasteiger partial charge in [-0.25, -0.2) is 14.2 Å². The first kappa shape index (κ1) is 14.6. The Bertz CT molecular complexity index is 812. The largest absolute Gasteiger partial charge is 0.330 e. The molecule has 2 heterocycles. The highest BCUT2D eigenvalue weighted by atomic mass is 19.1. The lowest BCUT2D eigenvalue weighted by atomic mass is 10.2. The number of hydrogen-bond donors (Lipinski definition) is 3. The second kappa shape index (κ2) is 6.22. The lowest BCUT2D eigenvalue weighted by Crippen LogP contribution is -2.28. The zero-order valence-corrected chi connectivity index (χ0v) is 12.0. The Balaban J connectivity index is 1.56. The van der Waals surface area contributed by atoms with Crippen LogP contribution in [0, 0.1) is 12.7 Å². The molecule has 0 saturated heterocycles. The summed E-state index contributed by atoms with van der Waals surface area (Å²) in [4.78, 5) is 19.7. The van der Waals surface area contributed by atoms with E-state index in [0.29, 0.717) is 23.0 Å². The Morgan fingerprint density at radius 2 is 2.09 bits per heavy atom. The van der Waals surface area contributed by atoms with Gasteiger partial charge in [0.1, 0.15) is 11.6 Å². The van der Waals surface area contributed by atoms with E-state index in [1.165, 1.54) is 12.1 Å². The van der Waals surface area contributed by atoms with Crippen molar-refractivity contribution in [2.45, 2.75) is 13.5 Å². The average molecular weight is 317 g/mol. The molecule has 10 heteroatoms. The van der Waals surface area contributed by atoms with Crippen molar-refractivity contribution in [3.05, 3.63) is 41.7 Å². The summed E-state index contributed by atoms with van der Waals surface area (Å²) in [6.07, 6.45) is 0. The number of hydrogen-bond acceptors (Lipinski definition) is 6. The number of aromatic nitrogens is 5.